The molecule has 1 aromatic carbocycles. The molecule has 0 spiro atoms. The number of aliphatic carboxylic acids is 1. The average Bonchev–Trinajstić information content (AvgIpc) is 2.76. The van der Waals surface area contributed by atoms with Crippen molar-refractivity contribution in [3.63, 3.8) is 0 Å². The van der Waals surface area contributed by atoms with E-state index >= 15 is 0 Å². The van der Waals surface area contributed by atoms with Gasteiger partial charge in [-0.3, -0.25) is 19.2 Å². The minimum atomic E-state index is -1.18. The summed E-state index contributed by atoms with van der Waals surface area (Å²) >= 11 is 0. The topological polar surface area (TPSA) is 151 Å². The third-order valence-electron chi connectivity index (χ3n) is 5.50. The standard InChI is InChI=1S/C24H38N4O5/c1-6-15(4)20(23(31)26-16(5)24(32)33)28-22(30)19(13-17-10-8-7-9-11-17)27-21(29)18(25)12-14(2)3/h7-11,14-16,18-20H,6,12-13,25H2,1-5H3,(H,26,31)(H,27,29)(H,28,30)(H,32,33). The largest absolute Gasteiger partial charge is 0.480 e. The van der Waals surface area contributed by atoms with Crippen molar-refractivity contribution in [3.8, 4) is 0 Å². The molecule has 184 valence electrons. The fourth-order valence-corrected chi connectivity index (χ4v) is 3.27. The number of amides is 3. The van der Waals surface area contributed by atoms with Gasteiger partial charge in [-0.1, -0.05) is 64.4 Å². The molecule has 33 heavy (non-hydrogen) atoms. The number of hydrogen-bond acceptors (Lipinski definition) is 5. The zero-order valence-electron chi connectivity index (χ0n) is 20.1. The number of carbonyl (C=O) groups is 4. The van der Waals surface area contributed by atoms with E-state index in [1.807, 2.05) is 51.1 Å². The van der Waals surface area contributed by atoms with Crippen LogP contribution in [0.15, 0.2) is 30.3 Å². The van der Waals surface area contributed by atoms with Gasteiger partial charge < -0.3 is 26.8 Å². The Kier molecular flexibility index (Phi) is 11.6. The molecule has 0 aliphatic heterocycles. The van der Waals surface area contributed by atoms with Crippen molar-refractivity contribution in [2.24, 2.45) is 17.6 Å². The van der Waals surface area contributed by atoms with Crippen molar-refractivity contribution in [3.05, 3.63) is 35.9 Å². The van der Waals surface area contributed by atoms with Crippen molar-refractivity contribution in [2.45, 2.75) is 78.0 Å². The Morgan fingerprint density at radius 1 is 0.909 bits per heavy atom. The number of hydrogen-bond donors (Lipinski definition) is 5. The molecular weight excluding hydrogens is 424 g/mol. The highest BCUT2D eigenvalue weighted by molar-refractivity contribution is 5.94. The van der Waals surface area contributed by atoms with Crippen LogP contribution in [0.3, 0.4) is 0 Å². The number of carboxylic acids is 1. The van der Waals surface area contributed by atoms with Crippen LogP contribution in [0.4, 0.5) is 0 Å². The van der Waals surface area contributed by atoms with Crippen LogP contribution in [0, 0.1) is 11.8 Å². The third-order valence-corrected chi connectivity index (χ3v) is 5.50. The SMILES string of the molecule is CCC(C)C(NC(=O)C(Cc1ccccc1)NC(=O)C(N)CC(C)C)C(=O)NC(C)C(=O)O. The van der Waals surface area contributed by atoms with Gasteiger partial charge in [0, 0.05) is 6.42 Å². The van der Waals surface area contributed by atoms with Gasteiger partial charge in [0.15, 0.2) is 0 Å². The lowest BCUT2D eigenvalue weighted by Crippen LogP contribution is -2.59. The molecule has 0 heterocycles. The molecule has 0 aliphatic carbocycles. The summed E-state index contributed by atoms with van der Waals surface area (Å²) in [5.74, 6) is -2.79. The summed E-state index contributed by atoms with van der Waals surface area (Å²) in [6, 6.07) is 5.43. The Bertz CT molecular complexity index is 799. The monoisotopic (exact) mass is 462 g/mol. The summed E-state index contributed by atoms with van der Waals surface area (Å²) < 4.78 is 0. The van der Waals surface area contributed by atoms with Crippen LogP contribution in [0.25, 0.3) is 0 Å². The first kappa shape index (κ1) is 28.1. The minimum Gasteiger partial charge on any atom is -0.480 e. The first-order valence-corrected chi connectivity index (χ1v) is 11.4. The molecule has 9 nitrogen and oxygen atoms in total. The lowest BCUT2D eigenvalue weighted by atomic mass is 9.96. The van der Waals surface area contributed by atoms with Crippen LogP contribution >= 0.6 is 0 Å². The van der Waals surface area contributed by atoms with E-state index in [-0.39, 0.29) is 18.3 Å². The van der Waals surface area contributed by atoms with E-state index in [1.54, 1.807) is 6.92 Å². The van der Waals surface area contributed by atoms with Crippen LogP contribution in [-0.2, 0) is 25.6 Å². The highest BCUT2D eigenvalue weighted by Crippen LogP contribution is 2.11. The molecule has 5 atom stereocenters. The van der Waals surface area contributed by atoms with Gasteiger partial charge >= 0.3 is 5.97 Å². The quantitative estimate of drug-likeness (QED) is 0.297. The molecule has 0 aromatic heterocycles. The molecule has 5 unspecified atom stereocenters. The van der Waals surface area contributed by atoms with E-state index in [9.17, 15) is 19.2 Å². The second-order valence-corrected chi connectivity index (χ2v) is 8.93. The van der Waals surface area contributed by atoms with E-state index in [4.69, 9.17) is 10.8 Å². The van der Waals surface area contributed by atoms with E-state index < -0.39 is 47.9 Å². The zero-order valence-corrected chi connectivity index (χ0v) is 20.1. The molecule has 0 aliphatic rings. The summed E-state index contributed by atoms with van der Waals surface area (Å²) in [4.78, 5) is 49.7. The summed E-state index contributed by atoms with van der Waals surface area (Å²) in [5.41, 5.74) is 6.83. The Morgan fingerprint density at radius 2 is 1.52 bits per heavy atom. The minimum absolute atomic E-state index is 0.210. The zero-order chi connectivity index (χ0) is 25.1. The average molecular weight is 463 g/mol. The summed E-state index contributed by atoms with van der Waals surface area (Å²) in [6.07, 6.45) is 1.26. The molecule has 1 aromatic rings. The van der Waals surface area contributed by atoms with Crippen LogP contribution in [0.2, 0.25) is 0 Å². The van der Waals surface area contributed by atoms with Gasteiger partial charge in [-0.25, -0.2) is 0 Å². The number of nitrogens with two attached hydrogens (primary N) is 1. The van der Waals surface area contributed by atoms with Gasteiger partial charge in [0.25, 0.3) is 0 Å². The van der Waals surface area contributed by atoms with Crippen LogP contribution in [0.1, 0.15) is 53.0 Å². The second kappa shape index (κ2) is 13.6. The predicted octanol–water partition coefficient (Wildman–Crippen LogP) is 1.21. The Balaban J connectivity index is 3.07. The first-order valence-electron chi connectivity index (χ1n) is 11.4. The molecule has 0 fully saturated rings. The molecule has 1 rings (SSSR count). The molecule has 0 saturated heterocycles. The fourth-order valence-electron chi connectivity index (χ4n) is 3.27. The van der Waals surface area contributed by atoms with E-state index in [0.29, 0.717) is 12.8 Å². The van der Waals surface area contributed by atoms with Crippen molar-refractivity contribution in [2.75, 3.05) is 0 Å². The Morgan fingerprint density at radius 3 is 2.03 bits per heavy atom. The van der Waals surface area contributed by atoms with Gasteiger partial charge in [-0.05, 0) is 30.7 Å². The van der Waals surface area contributed by atoms with Crippen LogP contribution in [0.5, 0.6) is 0 Å². The van der Waals surface area contributed by atoms with E-state index in [2.05, 4.69) is 16.0 Å². The molecule has 0 radical (unpaired) electrons. The third kappa shape index (κ3) is 9.61. The maximum atomic E-state index is 13.2. The van der Waals surface area contributed by atoms with Crippen molar-refractivity contribution in [1.82, 2.24) is 16.0 Å². The normalized spacial score (nSPS) is 15.6. The molecule has 6 N–H and O–H groups in total. The van der Waals surface area contributed by atoms with E-state index in [0.717, 1.165) is 5.56 Å². The van der Waals surface area contributed by atoms with Gasteiger partial charge in [0.05, 0.1) is 6.04 Å². The second-order valence-electron chi connectivity index (χ2n) is 8.93. The molecule has 0 bridgehead atoms. The van der Waals surface area contributed by atoms with Crippen LogP contribution in [-0.4, -0.2) is 53.0 Å². The highest BCUT2D eigenvalue weighted by Gasteiger charge is 2.32. The summed E-state index contributed by atoms with van der Waals surface area (Å²) in [7, 11) is 0. The van der Waals surface area contributed by atoms with Crippen molar-refractivity contribution >= 4 is 23.7 Å². The van der Waals surface area contributed by atoms with Crippen molar-refractivity contribution in [1.29, 1.82) is 0 Å². The molecule has 0 saturated carbocycles. The highest BCUT2D eigenvalue weighted by atomic mass is 16.4. The lowest BCUT2D eigenvalue weighted by Gasteiger charge is -2.28. The molecule has 3 amide bonds. The van der Waals surface area contributed by atoms with Gasteiger partial charge in [0.2, 0.25) is 17.7 Å². The Labute approximate surface area is 195 Å². The van der Waals surface area contributed by atoms with Gasteiger partial charge in [-0.2, -0.15) is 0 Å². The molecule has 9 heteroatoms. The molecular formula is C24H38N4O5. The number of nitrogens with one attached hydrogen (secondary N) is 3. The van der Waals surface area contributed by atoms with Crippen molar-refractivity contribution < 1.29 is 24.3 Å². The number of carboxylic acid groups (broad SMARTS) is 1. The number of benzene rings is 1. The lowest BCUT2D eigenvalue weighted by molar-refractivity contribution is -0.142. The van der Waals surface area contributed by atoms with E-state index in [1.165, 1.54) is 6.92 Å². The van der Waals surface area contributed by atoms with Gasteiger partial charge in [0.1, 0.15) is 18.1 Å². The Hall–Kier alpha value is -2.94. The first-order chi connectivity index (χ1) is 15.5. The van der Waals surface area contributed by atoms with Gasteiger partial charge in [-0.15, -0.1) is 0 Å². The predicted molar refractivity (Wildman–Crippen MR) is 126 cm³/mol. The smallest absolute Gasteiger partial charge is 0.325 e. The maximum Gasteiger partial charge on any atom is 0.325 e. The number of carbonyl (C=O) groups excluding carboxylic acids is 3. The number of rotatable bonds is 13. The summed E-state index contributed by atoms with van der Waals surface area (Å²) in [5, 5.41) is 16.9. The summed E-state index contributed by atoms with van der Waals surface area (Å²) in [6.45, 7) is 8.92. The fraction of sp³-hybridized carbons (Fsp3) is 0.583. The van der Waals surface area contributed by atoms with Crippen LogP contribution < -0.4 is 21.7 Å². The maximum absolute atomic E-state index is 13.2.